The average molecular weight is 347 g/mol. The summed E-state index contributed by atoms with van der Waals surface area (Å²) in [5, 5.41) is 6.72. The van der Waals surface area contributed by atoms with E-state index >= 15 is 0 Å². The van der Waals surface area contributed by atoms with E-state index < -0.39 is 5.60 Å². The quantitative estimate of drug-likeness (QED) is 0.898. The second-order valence-corrected chi connectivity index (χ2v) is 6.69. The normalized spacial score (nSPS) is 26.3. The highest BCUT2D eigenvalue weighted by atomic mass is 16.6. The molecule has 0 aliphatic carbocycles. The van der Waals surface area contributed by atoms with E-state index in [-0.39, 0.29) is 12.1 Å². The van der Waals surface area contributed by atoms with Crippen LogP contribution in [0.1, 0.15) is 19.1 Å². The highest BCUT2D eigenvalue weighted by Gasteiger charge is 2.44. The third-order valence-electron chi connectivity index (χ3n) is 4.63. The highest BCUT2D eigenvalue weighted by molar-refractivity contribution is 5.89. The Hall–Kier alpha value is -2.32. The van der Waals surface area contributed by atoms with Crippen LogP contribution in [0.3, 0.4) is 0 Å². The zero-order chi connectivity index (χ0) is 17.4. The number of nitrogens with one attached hydrogen (secondary N) is 1. The number of amides is 2. The summed E-state index contributed by atoms with van der Waals surface area (Å²) in [6, 6.07) is 3.27. The minimum atomic E-state index is -0.391. The fraction of sp³-hybridized carbons (Fsp3) is 0.529. The van der Waals surface area contributed by atoms with Gasteiger partial charge in [-0.3, -0.25) is 5.32 Å². The molecule has 2 atom stereocenters. The van der Waals surface area contributed by atoms with Gasteiger partial charge in [0, 0.05) is 25.6 Å². The molecule has 8 nitrogen and oxygen atoms in total. The SMILES string of the molecule is Cc1occc1-c1cc(NC(=O)N2CC(C)OC3(CCOC3)C2)no1. The number of aromatic nitrogens is 1. The van der Waals surface area contributed by atoms with Gasteiger partial charge in [-0.15, -0.1) is 0 Å². The minimum absolute atomic E-state index is 0.0392. The van der Waals surface area contributed by atoms with Crippen LogP contribution < -0.4 is 5.32 Å². The van der Waals surface area contributed by atoms with Gasteiger partial charge < -0.3 is 23.3 Å². The smallest absolute Gasteiger partial charge is 0.323 e. The van der Waals surface area contributed by atoms with Crippen molar-refractivity contribution in [2.75, 3.05) is 31.6 Å². The number of furan rings is 1. The van der Waals surface area contributed by atoms with Crippen molar-refractivity contribution >= 4 is 11.8 Å². The lowest BCUT2D eigenvalue weighted by Gasteiger charge is -2.42. The third-order valence-corrected chi connectivity index (χ3v) is 4.63. The molecule has 0 aromatic carbocycles. The van der Waals surface area contributed by atoms with Gasteiger partial charge in [-0.25, -0.2) is 4.79 Å². The van der Waals surface area contributed by atoms with Crippen molar-refractivity contribution in [1.29, 1.82) is 0 Å². The number of morpholine rings is 1. The van der Waals surface area contributed by atoms with E-state index in [1.807, 2.05) is 13.8 Å². The van der Waals surface area contributed by atoms with Gasteiger partial charge in [0.15, 0.2) is 11.6 Å². The topological polar surface area (TPSA) is 90.0 Å². The number of urea groups is 1. The molecule has 1 N–H and O–H groups in total. The molecule has 2 saturated heterocycles. The van der Waals surface area contributed by atoms with E-state index in [1.54, 1.807) is 23.3 Å². The fourth-order valence-corrected chi connectivity index (χ4v) is 3.48. The van der Waals surface area contributed by atoms with Gasteiger partial charge in [0.2, 0.25) is 0 Å². The van der Waals surface area contributed by atoms with Crippen LogP contribution in [0.15, 0.2) is 27.3 Å². The van der Waals surface area contributed by atoms with Gasteiger partial charge in [-0.1, -0.05) is 5.16 Å². The average Bonchev–Trinajstić information content (AvgIpc) is 3.29. The lowest BCUT2D eigenvalue weighted by molar-refractivity contribution is -0.136. The number of carbonyl (C=O) groups is 1. The van der Waals surface area contributed by atoms with Crippen LogP contribution in [0.25, 0.3) is 11.3 Å². The molecule has 1 spiro atoms. The summed E-state index contributed by atoms with van der Waals surface area (Å²) < 4.78 is 22.1. The Bertz CT molecular complexity index is 762. The van der Waals surface area contributed by atoms with Gasteiger partial charge in [0.25, 0.3) is 0 Å². The highest BCUT2D eigenvalue weighted by Crippen LogP contribution is 2.31. The summed E-state index contributed by atoms with van der Waals surface area (Å²) in [4.78, 5) is 14.4. The van der Waals surface area contributed by atoms with Crippen LogP contribution in [-0.4, -0.2) is 54.1 Å². The first-order valence-corrected chi connectivity index (χ1v) is 8.37. The molecule has 4 heterocycles. The van der Waals surface area contributed by atoms with Crippen molar-refractivity contribution in [3.63, 3.8) is 0 Å². The Balaban J connectivity index is 1.45. The Morgan fingerprint density at radius 1 is 1.48 bits per heavy atom. The van der Waals surface area contributed by atoms with E-state index in [4.69, 9.17) is 18.4 Å². The van der Waals surface area contributed by atoms with Crippen LogP contribution in [0.2, 0.25) is 0 Å². The molecular formula is C17H21N3O5. The number of ether oxygens (including phenoxy) is 2. The first-order chi connectivity index (χ1) is 12.0. The van der Waals surface area contributed by atoms with Crippen LogP contribution in [0.4, 0.5) is 10.6 Å². The standard InChI is InChI=1S/C17H21N3O5/c1-11-8-20(9-17(24-11)4-6-22-10-17)16(21)18-15-7-14(25-19-15)13-3-5-23-12(13)2/h3,5,7,11H,4,6,8-10H2,1-2H3,(H,18,19,21). The van der Waals surface area contributed by atoms with E-state index in [9.17, 15) is 4.79 Å². The van der Waals surface area contributed by atoms with Gasteiger partial charge in [-0.05, 0) is 19.9 Å². The van der Waals surface area contributed by atoms with Crippen LogP contribution >= 0.6 is 0 Å². The lowest BCUT2D eigenvalue weighted by atomic mass is 9.99. The molecule has 0 radical (unpaired) electrons. The molecule has 8 heteroatoms. The first-order valence-electron chi connectivity index (χ1n) is 8.37. The molecule has 2 fully saturated rings. The minimum Gasteiger partial charge on any atom is -0.469 e. The van der Waals surface area contributed by atoms with E-state index in [0.29, 0.717) is 37.9 Å². The van der Waals surface area contributed by atoms with Gasteiger partial charge in [0.1, 0.15) is 11.4 Å². The second kappa shape index (κ2) is 6.20. The van der Waals surface area contributed by atoms with Gasteiger partial charge >= 0.3 is 6.03 Å². The molecule has 2 aromatic rings. The van der Waals surface area contributed by atoms with Crippen LogP contribution in [-0.2, 0) is 9.47 Å². The molecule has 2 amide bonds. The van der Waals surface area contributed by atoms with Gasteiger partial charge in [-0.2, -0.15) is 0 Å². The van der Waals surface area contributed by atoms with E-state index in [2.05, 4.69) is 10.5 Å². The molecule has 2 aliphatic rings. The number of carbonyl (C=O) groups excluding carboxylic acids is 1. The molecular weight excluding hydrogens is 326 g/mol. The fourth-order valence-electron chi connectivity index (χ4n) is 3.48. The maximum Gasteiger partial charge on any atom is 0.323 e. The summed E-state index contributed by atoms with van der Waals surface area (Å²) >= 11 is 0. The van der Waals surface area contributed by atoms with Crippen molar-refractivity contribution in [3.05, 3.63) is 24.2 Å². The maximum atomic E-state index is 12.6. The maximum absolute atomic E-state index is 12.6. The zero-order valence-corrected chi connectivity index (χ0v) is 14.3. The molecule has 2 aromatic heterocycles. The van der Waals surface area contributed by atoms with Gasteiger partial charge in [0.05, 0.1) is 31.1 Å². The predicted octanol–water partition coefficient (Wildman–Crippen LogP) is 2.65. The molecule has 0 bridgehead atoms. The largest absolute Gasteiger partial charge is 0.469 e. The number of hydrogen-bond donors (Lipinski definition) is 1. The van der Waals surface area contributed by atoms with Crippen molar-refractivity contribution < 1.29 is 23.2 Å². The van der Waals surface area contributed by atoms with Crippen LogP contribution in [0, 0.1) is 6.92 Å². The lowest BCUT2D eigenvalue weighted by Crippen LogP contribution is -2.57. The number of rotatable bonds is 2. The van der Waals surface area contributed by atoms with Crippen molar-refractivity contribution in [1.82, 2.24) is 10.1 Å². The zero-order valence-electron chi connectivity index (χ0n) is 14.3. The molecule has 0 saturated carbocycles. The Morgan fingerprint density at radius 2 is 2.36 bits per heavy atom. The first kappa shape index (κ1) is 16.2. The number of aryl methyl sites for hydroxylation is 1. The van der Waals surface area contributed by atoms with E-state index in [1.165, 1.54) is 0 Å². The second-order valence-electron chi connectivity index (χ2n) is 6.69. The summed E-state index contributed by atoms with van der Waals surface area (Å²) in [6.07, 6.45) is 2.35. The van der Waals surface area contributed by atoms with Crippen molar-refractivity contribution in [3.8, 4) is 11.3 Å². The monoisotopic (exact) mass is 347 g/mol. The summed E-state index contributed by atoms with van der Waals surface area (Å²) in [7, 11) is 0. The summed E-state index contributed by atoms with van der Waals surface area (Å²) in [5.74, 6) is 1.66. The Morgan fingerprint density at radius 3 is 3.08 bits per heavy atom. The van der Waals surface area contributed by atoms with Crippen molar-refractivity contribution in [2.24, 2.45) is 0 Å². The third kappa shape index (κ3) is 3.14. The molecule has 4 rings (SSSR count). The molecule has 25 heavy (non-hydrogen) atoms. The Kier molecular flexibility index (Phi) is 4.01. The molecule has 134 valence electrons. The molecule has 2 unspecified atom stereocenters. The van der Waals surface area contributed by atoms with Crippen molar-refractivity contribution in [2.45, 2.75) is 32.0 Å². The molecule has 2 aliphatic heterocycles. The number of hydrogen-bond acceptors (Lipinski definition) is 6. The summed E-state index contributed by atoms with van der Waals surface area (Å²) in [5.41, 5.74) is 0.424. The number of anilines is 1. The number of nitrogens with zero attached hydrogens (tertiary/aromatic N) is 2. The summed E-state index contributed by atoms with van der Waals surface area (Å²) in [6.45, 7) is 6.03. The van der Waals surface area contributed by atoms with Crippen LogP contribution in [0.5, 0.6) is 0 Å². The Labute approximate surface area is 145 Å². The van der Waals surface area contributed by atoms with E-state index in [0.717, 1.165) is 17.7 Å². The predicted molar refractivity (Wildman–Crippen MR) is 88.2 cm³/mol.